The van der Waals surface area contributed by atoms with Crippen molar-refractivity contribution >= 4 is 11.8 Å². The Morgan fingerprint density at radius 1 is 1.19 bits per heavy atom. The molecule has 0 aliphatic carbocycles. The van der Waals surface area contributed by atoms with E-state index < -0.39 is 5.91 Å². The maximum absolute atomic E-state index is 11.5. The molecule has 2 amide bonds. The van der Waals surface area contributed by atoms with Gasteiger partial charge in [0, 0.05) is 24.9 Å². The van der Waals surface area contributed by atoms with Crippen LogP contribution in [0.5, 0.6) is 11.5 Å². The predicted octanol–water partition coefficient (Wildman–Crippen LogP) is 1.64. The third kappa shape index (κ3) is 3.36. The van der Waals surface area contributed by atoms with Gasteiger partial charge in [-0.25, -0.2) is 0 Å². The lowest BCUT2D eigenvalue weighted by Gasteiger charge is -2.09. The van der Waals surface area contributed by atoms with Gasteiger partial charge < -0.3 is 15.8 Å². The van der Waals surface area contributed by atoms with Gasteiger partial charge >= 0.3 is 0 Å². The Bertz CT molecular complexity index is 698. The molecule has 0 aliphatic rings. The van der Waals surface area contributed by atoms with Crippen molar-refractivity contribution in [1.82, 2.24) is 10.3 Å². The van der Waals surface area contributed by atoms with E-state index in [0.29, 0.717) is 17.1 Å². The quantitative estimate of drug-likeness (QED) is 0.892. The molecular weight excluding hydrogens is 270 g/mol. The van der Waals surface area contributed by atoms with E-state index in [1.807, 2.05) is 0 Å². The van der Waals surface area contributed by atoms with Crippen LogP contribution in [0, 0.1) is 6.92 Å². The van der Waals surface area contributed by atoms with Crippen LogP contribution in [-0.4, -0.2) is 23.8 Å². The molecule has 6 nitrogen and oxygen atoms in total. The molecule has 1 heterocycles. The van der Waals surface area contributed by atoms with E-state index in [1.165, 1.54) is 19.3 Å². The van der Waals surface area contributed by atoms with Gasteiger partial charge in [-0.1, -0.05) is 0 Å². The number of primary amides is 1. The van der Waals surface area contributed by atoms with Crippen LogP contribution in [0.2, 0.25) is 0 Å². The molecule has 108 valence electrons. The second kappa shape index (κ2) is 6.04. The minimum absolute atomic E-state index is 0.264. The van der Waals surface area contributed by atoms with E-state index in [4.69, 9.17) is 10.5 Å². The molecule has 0 fully saturated rings. The molecule has 0 unspecified atom stereocenters. The fourth-order valence-corrected chi connectivity index (χ4v) is 1.84. The highest BCUT2D eigenvalue weighted by Crippen LogP contribution is 2.24. The SMILES string of the molecule is CNC(=O)c1cc(Oc2ccc(C(N)=O)c(C)c2)ccn1. The number of pyridine rings is 1. The zero-order valence-corrected chi connectivity index (χ0v) is 11.7. The molecule has 1 aromatic heterocycles. The number of carbonyl (C=O) groups excluding carboxylic acids is 2. The molecule has 3 N–H and O–H groups in total. The molecule has 1 aromatic carbocycles. The highest BCUT2D eigenvalue weighted by Gasteiger charge is 2.09. The molecule has 0 saturated heterocycles. The number of nitrogens with zero attached hydrogens (tertiary/aromatic N) is 1. The minimum atomic E-state index is -0.482. The van der Waals surface area contributed by atoms with Crippen molar-refractivity contribution in [2.24, 2.45) is 5.73 Å². The fraction of sp³-hybridized carbons (Fsp3) is 0.133. The van der Waals surface area contributed by atoms with Gasteiger partial charge in [0.25, 0.3) is 5.91 Å². The van der Waals surface area contributed by atoms with Crippen LogP contribution in [0.25, 0.3) is 0 Å². The largest absolute Gasteiger partial charge is 0.457 e. The van der Waals surface area contributed by atoms with Gasteiger partial charge in [0.2, 0.25) is 5.91 Å². The van der Waals surface area contributed by atoms with Gasteiger partial charge in [-0.2, -0.15) is 0 Å². The van der Waals surface area contributed by atoms with Crippen molar-refractivity contribution < 1.29 is 14.3 Å². The maximum atomic E-state index is 11.5. The molecule has 0 atom stereocenters. The van der Waals surface area contributed by atoms with E-state index in [1.54, 1.807) is 31.2 Å². The third-order valence-corrected chi connectivity index (χ3v) is 2.89. The van der Waals surface area contributed by atoms with Crippen molar-refractivity contribution in [3.8, 4) is 11.5 Å². The Balaban J connectivity index is 2.24. The molecule has 0 radical (unpaired) electrons. The van der Waals surface area contributed by atoms with Crippen molar-refractivity contribution in [2.75, 3.05) is 7.05 Å². The molecule has 2 aromatic rings. The van der Waals surface area contributed by atoms with E-state index in [9.17, 15) is 9.59 Å². The smallest absolute Gasteiger partial charge is 0.269 e. The van der Waals surface area contributed by atoms with Crippen LogP contribution in [-0.2, 0) is 0 Å². The number of nitrogens with one attached hydrogen (secondary N) is 1. The van der Waals surface area contributed by atoms with Crippen LogP contribution in [0.1, 0.15) is 26.4 Å². The lowest BCUT2D eigenvalue weighted by molar-refractivity contribution is 0.0956. The van der Waals surface area contributed by atoms with Crippen molar-refractivity contribution in [1.29, 1.82) is 0 Å². The van der Waals surface area contributed by atoms with Crippen LogP contribution >= 0.6 is 0 Å². The van der Waals surface area contributed by atoms with E-state index in [-0.39, 0.29) is 11.6 Å². The summed E-state index contributed by atoms with van der Waals surface area (Å²) in [4.78, 5) is 26.6. The van der Waals surface area contributed by atoms with E-state index in [0.717, 1.165) is 5.56 Å². The number of nitrogens with two attached hydrogens (primary N) is 1. The van der Waals surface area contributed by atoms with Gasteiger partial charge in [0.15, 0.2) is 0 Å². The van der Waals surface area contributed by atoms with Gasteiger partial charge in [0.05, 0.1) is 0 Å². The van der Waals surface area contributed by atoms with E-state index >= 15 is 0 Å². The second-order valence-corrected chi connectivity index (χ2v) is 4.40. The van der Waals surface area contributed by atoms with Crippen molar-refractivity contribution in [2.45, 2.75) is 6.92 Å². The monoisotopic (exact) mass is 285 g/mol. The number of rotatable bonds is 4. The first-order chi connectivity index (χ1) is 10.0. The first-order valence-corrected chi connectivity index (χ1v) is 6.27. The average molecular weight is 285 g/mol. The zero-order valence-electron chi connectivity index (χ0n) is 11.7. The number of amides is 2. The van der Waals surface area contributed by atoms with Crippen LogP contribution in [0.4, 0.5) is 0 Å². The summed E-state index contributed by atoms with van der Waals surface area (Å²) in [5.41, 5.74) is 6.69. The molecule has 2 rings (SSSR count). The lowest BCUT2D eigenvalue weighted by Crippen LogP contribution is -2.18. The fourth-order valence-electron chi connectivity index (χ4n) is 1.84. The number of carbonyl (C=O) groups is 2. The first kappa shape index (κ1) is 14.5. The summed E-state index contributed by atoms with van der Waals surface area (Å²) < 4.78 is 5.66. The van der Waals surface area contributed by atoms with Gasteiger partial charge in [-0.3, -0.25) is 14.6 Å². The Labute approximate surface area is 121 Å². The molecule has 21 heavy (non-hydrogen) atoms. The normalized spacial score (nSPS) is 10.0. The second-order valence-electron chi connectivity index (χ2n) is 4.40. The Kier molecular flexibility index (Phi) is 4.18. The van der Waals surface area contributed by atoms with Gasteiger partial charge in [0.1, 0.15) is 17.2 Å². The standard InChI is InChI=1S/C15H15N3O3/c1-9-7-10(3-4-12(9)14(16)19)21-11-5-6-18-13(8-11)15(20)17-2/h3-8H,1-2H3,(H2,16,19)(H,17,20). The summed E-state index contributed by atoms with van der Waals surface area (Å²) in [6.45, 7) is 1.77. The van der Waals surface area contributed by atoms with Gasteiger partial charge in [-0.15, -0.1) is 0 Å². The number of benzene rings is 1. The molecule has 0 aliphatic heterocycles. The third-order valence-electron chi connectivity index (χ3n) is 2.89. The van der Waals surface area contributed by atoms with Crippen LogP contribution < -0.4 is 15.8 Å². The number of hydrogen-bond donors (Lipinski definition) is 2. The Morgan fingerprint density at radius 3 is 2.52 bits per heavy atom. The average Bonchev–Trinajstić information content (AvgIpc) is 2.46. The predicted molar refractivity (Wildman–Crippen MR) is 77.4 cm³/mol. The highest BCUT2D eigenvalue weighted by molar-refractivity contribution is 5.94. The summed E-state index contributed by atoms with van der Waals surface area (Å²) >= 11 is 0. The van der Waals surface area contributed by atoms with Gasteiger partial charge in [-0.05, 0) is 36.8 Å². The molecular formula is C15H15N3O3. The summed E-state index contributed by atoms with van der Waals surface area (Å²) in [7, 11) is 1.53. The number of hydrogen-bond acceptors (Lipinski definition) is 4. The number of aryl methyl sites for hydroxylation is 1. The molecule has 0 spiro atoms. The summed E-state index contributed by atoms with van der Waals surface area (Å²) in [5, 5.41) is 2.49. The first-order valence-electron chi connectivity index (χ1n) is 6.27. The Morgan fingerprint density at radius 2 is 1.90 bits per heavy atom. The summed E-state index contributed by atoms with van der Waals surface area (Å²) in [6, 6.07) is 8.14. The molecule has 0 saturated carbocycles. The zero-order chi connectivity index (χ0) is 15.4. The minimum Gasteiger partial charge on any atom is -0.457 e. The topological polar surface area (TPSA) is 94.3 Å². The van der Waals surface area contributed by atoms with E-state index in [2.05, 4.69) is 10.3 Å². The lowest BCUT2D eigenvalue weighted by atomic mass is 10.1. The van der Waals surface area contributed by atoms with Crippen LogP contribution in [0.15, 0.2) is 36.5 Å². The maximum Gasteiger partial charge on any atom is 0.269 e. The summed E-state index contributed by atoms with van der Waals surface area (Å²) in [5.74, 6) is 0.256. The van der Waals surface area contributed by atoms with Crippen LogP contribution in [0.3, 0.4) is 0 Å². The van der Waals surface area contributed by atoms with Crippen molar-refractivity contribution in [3.05, 3.63) is 53.3 Å². The molecule has 6 heteroatoms. The van der Waals surface area contributed by atoms with Crippen molar-refractivity contribution in [3.63, 3.8) is 0 Å². The summed E-state index contributed by atoms with van der Waals surface area (Å²) in [6.07, 6.45) is 1.49. The number of aromatic nitrogens is 1. The highest BCUT2D eigenvalue weighted by atomic mass is 16.5. The molecule has 0 bridgehead atoms. The Hall–Kier alpha value is -2.89. The number of ether oxygens (including phenoxy) is 1.